The van der Waals surface area contributed by atoms with Gasteiger partial charge in [-0.2, -0.15) is 0 Å². The standard InChI is InChI=1S/C14H16I2O4/c1-9(15)7-19-13(17)11-4-3-5-12(6-11)14(18)20-8-10(2)16/h3-6,9-10H,7-8H2,1-2H3. The molecule has 0 saturated heterocycles. The molecular weight excluding hydrogens is 486 g/mol. The molecule has 1 aromatic carbocycles. The minimum atomic E-state index is -0.426. The zero-order valence-corrected chi connectivity index (χ0v) is 15.6. The number of carbonyl (C=O) groups is 2. The summed E-state index contributed by atoms with van der Waals surface area (Å²) >= 11 is 4.35. The fourth-order valence-corrected chi connectivity index (χ4v) is 1.68. The highest BCUT2D eigenvalue weighted by Crippen LogP contribution is 2.10. The van der Waals surface area contributed by atoms with E-state index in [1.165, 1.54) is 6.07 Å². The van der Waals surface area contributed by atoms with Crippen LogP contribution in [-0.4, -0.2) is 33.0 Å². The van der Waals surface area contributed by atoms with Gasteiger partial charge in [0.05, 0.1) is 11.1 Å². The van der Waals surface area contributed by atoms with Crippen LogP contribution in [0.2, 0.25) is 0 Å². The fourth-order valence-electron chi connectivity index (χ4n) is 1.32. The van der Waals surface area contributed by atoms with E-state index in [-0.39, 0.29) is 7.85 Å². The number of hydrogen-bond donors (Lipinski definition) is 0. The van der Waals surface area contributed by atoms with Crippen LogP contribution < -0.4 is 0 Å². The van der Waals surface area contributed by atoms with Gasteiger partial charge in [0.2, 0.25) is 0 Å². The summed E-state index contributed by atoms with van der Waals surface area (Å²) in [6, 6.07) is 6.39. The summed E-state index contributed by atoms with van der Waals surface area (Å²) in [6.07, 6.45) is 0. The molecular formula is C14H16I2O4. The zero-order chi connectivity index (χ0) is 15.1. The number of alkyl halides is 2. The molecule has 0 aromatic heterocycles. The molecule has 0 N–H and O–H groups in total. The summed E-state index contributed by atoms with van der Waals surface area (Å²) in [5.74, 6) is -0.851. The molecule has 0 radical (unpaired) electrons. The monoisotopic (exact) mass is 502 g/mol. The van der Waals surface area contributed by atoms with Crippen LogP contribution in [0.1, 0.15) is 34.6 Å². The molecule has 2 atom stereocenters. The molecule has 0 aliphatic heterocycles. The first-order chi connectivity index (χ1) is 9.40. The maximum Gasteiger partial charge on any atom is 0.338 e. The summed E-state index contributed by atoms with van der Waals surface area (Å²) < 4.78 is 10.7. The van der Waals surface area contributed by atoms with Gasteiger partial charge in [0, 0.05) is 7.85 Å². The van der Waals surface area contributed by atoms with Crippen LogP contribution in [0.3, 0.4) is 0 Å². The quantitative estimate of drug-likeness (QED) is 0.339. The zero-order valence-electron chi connectivity index (χ0n) is 11.3. The highest BCUT2D eigenvalue weighted by Gasteiger charge is 2.13. The highest BCUT2D eigenvalue weighted by molar-refractivity contribution is 14.1. The van der Waals surface area contributed by atoms with Gasteiger partial charge in [-0.1, -0.05) is 65.1 Å². The first kappa shape index (κ1) is 17.7. The summed E-state index contributed by atoms with van der Waals surface area (Å²) in [5.41, 5.74) is 0.720. The molecule has 0 fully saturated rings. The Morgan fingerprint density at radius 1 is 1.00 bits per heavy atom. The lowest BCUT2D eigenvalue weighted by atomic mass is 10.1. The number of ether oxygens (including phenoxy) is 2. The van der Waals surface area contributed by atoms with Crippen LogP contribution in [-0.2, 0) is 9.47 Å². The molecule has 0 aliphatic rings. The van der Waals surface area contributed by atoms with Gasteiger partial charge in [-0.05, 0) is 18.2 Å². The van der Waals surface area contributed by atoms with Gasteiger partial charge in [0.1, 0.15) is 13.2 Å². The van der Waals surface area contributed by atoms with E-state index in [1.807, 2.05) is 13.8 Å². The molecule has 0 spiro atoms. The Labute approximate surface area is 145 Å². The Hall–Kier alpha value is -0.380. The number of rotatable bonds is 6. The van der Waals surface area contributed by atoms with Gasteiger partial charge < -0.3 is 9.47 Å². The number of esters is 2. The van der Waals surface area contributed by atoms with Gasteiger partial charge in [0.15, 0.2) is 0 Å². The van der Waals surface area contributed by atoms with Gasteiger partial charge in [-0.15, -0.1) is 0 Å². The number of carbonyl (C=O) groups excluding carboxylic acids is 2. The van der Waals surface area contributed by atoms with Gasteiger partial charge >= 0.3 is 11.9 Å². The highest BCUT2D eigenvalue weighted by atomic mass is 127. The van der Waals surface area contributed by atoms with Crippen molar-refractivity contribution < 1.29 is 19.1 Å². The van der Waals surface area contributed by atoms with Crippen molar-refractivity contribution in [1.29, 1.82) is 0 Å². The Morgan fingerprint density at radius 3 is 1.75 bits per heavy atom. The molecule has 0 heterocycles. The Balaban J connectivity index is 2.70. The molecule has 6 heteroatoms. The molecule has 0 aliphatic carbocycles. The van der Waals surface area contributed by atoms with Crippen molar-refractivity contribution >= 4 is 57.1 Å². The normalized spacial score (nSPS) is 13.4. The van der Waals surface area contributed by atoms with E-state index in [0.29, 0.717) is 24.3 Å². The van der Waals surface area contributed by atoms with Crippen molar-refractivity contribution in [2.45, 2.75) is 21.7 Å². The molecule has 0 saturated carbocycles. The summed E-state index contributed by atoms with van der Waals surface area (Å²) in [5, 5.41) is 0. The van der Waals surface area contributed by atoms with Crippen LogP contribution in [0.15, 0.2) is 24.3 Å². The van der Waals surface area contributed by atoms with Gasteiger partial charge in [-0.3, -0.25) is 0 Å². The third-order valence-electron chi connectivity index (χ3n) is 2.22. The lowest BCUT2D eigenvalue weighted by Gasteiger charge is -2.08. The molecule has 1 aromatic rings. The maximum absolute atomic E-state index is 11.8. The predicted molar refractivity (Wildman–Crippen MR) is 94.0 cm³/mol. The summed E-state index contributed by atoms with van der Waals surface area (Å²) in [7, 11) is 0. The van der Waals surface area contributed by atoms with Gasteiger partial charge in [-0.25, -0.2) is 9.59 Å². The van der Waals surface area contributed by atoms with Crippen molar-refractivity contribution in [3.8, 4) is 0 Å². The van der Waals surface area contributed by atoms with Gasteiger partial charge in [0.25, 0.3) is 0 Å². The topological polar surface area (TPSA) is 52.6 Å². The molecule has 20 heavy (non-hydrogen) atoms. The smallest absolute Gasteiger partial charge is 0.338 e. The molecule has 0 amide bonds. The third kappa shape index (κ3) is 6.38. The third-order valence-corrected chi connectivity index (χ3v) is 2.94. The van der Waals surface area contributed by atoms with Crippen LogP contribution >= 0.6 is 45.2 Å². The molecule has 4 nitrogen and oxygen atoms in total. The Morgan fingerprint density at radius 2 is 1.40 bits per heavy atom. The minimum absolute atomic E-state index is 0.245. The van der Waals surface area contributed by atoms with E-state index < -0.39 is 11.9 Å². The van der Waals surface area contributed by atoms with E-state index in [0.717, 1.165) is 0 Å². The maximum atomic E-state index is 11.8. The largest absolute Gasteiger partial charge is 0.461 e. The van der Waals surface area contributed by atoms with Crippen LogP contribution in [0.25, 0.3) is 0 Å². The van der Waals surface area contributed by atoms with E-state index in [4.69, 9.17) is 9.47 Å². The fraction of sp³-hybridized carbons (Fsp3) is 0.429. The molecule has 1 rings (SSSR count). The lowest BCUT2D eigenvalue weighted by molar-refractivity contribution is 0.0512. The average molecular weight is 502 g/mol. The van der Waals surface area contributed by atoms with Crippen molar-refractivity contribution in [3.63, 3.8) is 0 Å². The molecule has 2 unspecified atom stereocenters. The first-order valence-electron chi connectivity index (χ1n) is 6.12. The van der Waals surface area contributed by atoms with E-state index in [2.05, 4.69) is 45.2 Å². The lowest BCUT2D eigenvalue weighted by Crippen LogP contribution is -2.14. The van der Waals surface area contributed by atoms with Crippen LogP contribution in [0.5, 0.6) is 0 Å². The number of hydrogen-bond acceptors (Lipinski definition) is 4. The number of halogens is 2. The van der Waals surface area contributed by atoms with E-state index in [1.54, 1.807) is 18.2 Å². The minimum Gasteiger partial charge on any atom is -0.461 e. The Bertz CT molecular complexity index is 433. The summed E-state index contributed by atoms with van der Waals surface area (Å²) in [6.45, 7) is 4.60. The van der Waals surface area contributed by atoms with Crippen molar-refractivity contribution in [2.75, 3.05) is 13.2 Å². The first-order valence-corrected chi connectivity index (χ1v) is 8.61. The molecule has 0 bridgehead atoms. The predicted octanol–water partition coefficient (Wildman–Crippen LogP) is 3.65. The van der Waals surface area contributed by atoms with Crippen LogP contribution in [0.4, 0.5) is 0 Å². The molecule has 110 valence electrons. The Kier molecular flexibility index (Phi) is 7.78. The van der Waals surface area contributed by atoms with Crippen LogP contribution in [0, 0.1) is 0 Å². The average Bonchev–Trinajstić information content (AvgIpc) is 2.42. The van der Waals surface area contributed by atoms with Crippen molar-refractivity contribution in [2.24, 2.45) is 0 Å². The van der Waals surface area contributed by atoms with E-state index >= 15 is 0 Å². The second-order valence-electron chi connectivity index (χ2n) is 4.34. The summed E-state index contributed by atoms with van der Waals surface area (Å²) in [4.78, 5) is 23.6. The second kappa shape index (κ2) is 8.81. The van der Waals surface area contributed by atoms with Crippen molar-refractivity contribution in [3.05, 3.63) is 35.4 Å². The second-order valence-corrected chi connectivity index (χ2v) is 8.59. The SMILES string of the molecule is CC(I)COC(=O)c1cccc(C(=O)OCC(C)I)c1. The number of benzene rings is 1. The van der Waals surface area contributed by atoms with Crippen molar-refractivity contribution in [1.82, 2.24) is 0 Å². The van der Waals surface area contributed by atoms with E-state index in [9.17, 15) is 9.59 Å².